The number of halogens is 1. The minimum absolute atomic E-state index is 0.177. The maximum Gasteiger partial charge on any atom is 0.135 e. The Morgan fingerprint density at radius 3 is 2.94 bits per heavy atom. The van der Waals surface area contributed by atoms with Crippen molar-refractivity contribution in [2.75, 3.05) is 6.54 Å². The molecule has 0 fully saturated rings. The number of rotatable bonds is 6. The molecule has 0 spiro atoms. The number of aryl methyl sites for hydroxylation is 1. The molecular formula is C13H17BrN2OS. The molecule has 2 aromatic rings. The molecule has 0 aliphatic rings. The van der Waals surface area contributed by atoms with E-state index < -0.39 is 0 Å². The number of hydrogen-bond acceptors (Lipinski definition) is 4. The second-order valence-electron chi connectivity index (χ2n) is 4.20. The van der Waals surface area contributed by atoms with Crippen molar-refractivity contribution in [2.45, 2.75) is 32.7 Å². The predicted molar refractivity (Wildman–Crippen MR) is 78.0 cm³/mol. The lowest BCUT2D eigenvalue weighted by Crippen LogP contribution is -2.24. The maximum atomic E-state index is 5.57. The van der Waals surface area contributed by atoms with Gasteiger partial charge in [0.25, 0.3) is 0 Å². The molecule has 2 heterocycles. The van der Waals surface area contributed by atoms with Crippen LogP contribution in [0.5, 0.6) is 0 Å². The van der Waals surface area contributed by atoms with Crippen LogP contribution in [0.3, 0.4) is 0 Å². The van der Waals surface area contributed by atoms with Crippen LogP contribution < -0.4 is 5.32 Å². The van der Waals surface area contributed by atoms with E-state index in [1.54, 1.807) is 17.6 Å². The standard InChI is InChI=1S/C13H17BrN2OS/c1-3-5-15-12(13-11(14)4-6-17-13)7-10-8-18-9(2)16-10/h4,6,8,12,15H,3,5,7H2,1-2H3. The van der Waals surface area contributed by atoms with Gasteiger partial charge in [-0.1, -0.05) is 6.92 Å². The lowest BCUT2D eigenvalue weighted by Gasteiger charge is -2.15. The minimum Gasteiger partial charge on any atom is -0.466 e. The van der Waals surface area contributed by atoms with Crippen LogP contribution in [0.25, 0.3) is 0 Å². The van der Waals surface area contributed by atoms with Gasteiger partial charge in [0.05, 0.1) is 27.5 Å². The first-order chi connectivity index (χ1) is 8.70. The van der Waals surface area contributed by atoms with Crippen molar-refractivity contribution >= 4 is 27.3 Å². The predicted octanol–water partition coefficient (Wildman–Crippen LogP) is 4.09. The van der Waals surface area contributed by atoms with Gasteiger partial charge >= 0.3 is 0 Å². The van der Waals surface area contributed by atoms with Crippen molar-refractivity contribution in [1.29, 1.82) is 0 Å². The van der Waals surface area contributed by atoms with E-state index in [-0.39, 0.29) is 6.04 Å². The zero-order valence-electron chi connectivity index (χ0n) is 10.6. The molecule has 18 heavy (non-hydrogen) atoms. The summed E-state index contributed by atoms with van der Waals surface area (Å²) < 4.78 is 6.59. The quantitative estimate of drug-likeness (QED) is 0.867. The summed E-state index contributed by atoms with van der Waals surface area (Å²) in [6.45, 7) is 5.17. The first-order valence-corrected chi connectivity index (χ1v) is 7.75. The normalized spacial score (nSPS) is 12.8. The fraction of sp³-hybridized carbons (Fsp3) is 0.462. The molecule has 0 saturated heterocycles. The molecule has 0 amide bonds. The molecule has 0 saturated carbocycles. The summed E-state index contributed by atoms with van der Waals surface area (Å²) in [5.74, 6) is 0.953. The fourth-order valence-electron chi connectivity index (χ4n) is 1.84. The molecule has 98 valence electrons. The molecule has 1 N–H and O–H groups in total. The van der Waals surface area contributed by atoms with E-state index in [9.17, 15) is 0 Å². The second kappa shape index (κ2) is 6.50. The first-order valence-electron chi connectivity index (χ1n) is 6.08. The van der Waals surface area contributed by atoms with Gasteiger partial charge in [0, 0.05) is 11.8 Å². The Hall–Kier alpha value is -0.650. The third-order valence-corrected chi connectivity index (χ3v) is 4.16. The maximum absolute atomic E-state index is 5.57. The second-order valence-corrected chi connectivity index (χ2v) is 6.12. The van der Waals surface area contributed by atoms with Crippen molar-refractivity contribution in [3.8, 4) is 0 Å². The van der Waals surface area contributed by atoms with Gasteiger partial charge in [-0.2, -0.15) is 0 Å². The van der Waals surface area contributed by atoms with E-state index in [1.807, 2.05) is 13.0 Å². The number of thiazole rings is 1. The summed E-state index contributed by atoms with van der Waals surface area (Å²) in [5.41, 5.74) is 1.12. The Bertz CT molecular complexity index is 495. The van der Waals surface area contributed by atoms with E-state index in [4.69, 9.17) is 4.42 Å². The first kappa shape index (κ1) is 13.8. The highest BCUT2D eigenvalue weighted by Crippen LogP contribution is 2.27. The van der Waals surface area contributed by atoms with Gasteiger partial charge in [-0.15, -0.1) is 11.3 Å². The Labute approximate surface area is 120 Å². The van der Waals surface area contributed by atoms with Crippen molar-refractivity contribution in [1.82, 2.24) is 10.3 Å². The molecule has 0 aromatic carbocycles. The summed E-state index contributed by atoms with van der Waals surface area (Å²) in [5, 5.41) is 6.74. The lowest BCUT2D eigenvalue weighted by molar-refractivity contribution is 0.406. The molecule has 0 aliphatic carbocycles. The van der Waals surface area contributed by atoms with Crippen LogP contribution in [0.2, 0.25) is 0 Å². The third kappa shape index (κ3) is 3.43. The van der Waals surface area contributed by atoms with Crippen LogP contribution in [-0.2, 0) is 6.42 Å². The zero-order chi connectivity index (χ0) is 13.0. The minimum atomic E-state index is 0.177. The zero-order valence-corrected chi connectivity index (χ0v) is 13.0. The average Bonchev–Trinajstić information content (AvgIpc) is 2.93. The summed E-state index contributed by atoms with van der Waals surface area (Å²) in [7, 11) is 0. The van der Waals surface area contributed by atoms with Crippen molar-refractivity contribution in [3.05, 3.63) is 38.6 Å². The van der Waals surface area contributed by atoms with E-state index in [0.29, 0.717) is 0 Å². The number of furan rings is 1. The van der Waals surface area contributed by atoms with Crippen LogP contribution >= 0.6 is 27.3 Å². The highest BCUT2D eigenvalue weighted by molar-refractivity contribution is 9.10. The van der Waals surface area contributed by atoms with Gasteiger partial charge in [-0.25, -0.2) is 4.98 Å². The van der Waals surface area contributed by atoms with E-state index in [1.165, 1.54) is 0 Å². The molecule has 5 heteroatoms. The smallest absolute Gasteiger partial charge is 0.135 e. The van der Waals surface area contributed by atoms with Crippen LogP contribution in [0.1, 0.15) is 35.8 Å². The summed E-state index contributed by atoms with van der Waals surface area (Å²) in [6, 6.07) is 2.11. The number of nitrogens with one attached hydrogen (secondary N) is 1. The van der Waals surface area contributed by atoms with Crippen molar-refractivity contribution in [3.63, 3.8) is 0 Å². The highest BCUT2D eigenvalue weighted by Gasteiger charge is 2.18. The van der Waals surface area contributed by atoms with Crippen LogP contribution in [-0.4, -0.2) is 11.5 Å². The Kier molecular flexibility index (Phi) is 4.97. The Morgan fingerprint density at radius 2 is 2.39 bits per heavy atom. The molecule has 1 atom stereocenters. The average molecular weight is 329 g/mol. The van der Waals surface area contributed by atoms with Crippen molar-refractivity contribution in [2.24, 2.45) is 0 Å². The molecule has 2 aromatic heterocycles. The lowest BCUT2D eigenvalue weighted by atomic mass is 10.1. The van der Waals surface area contributed by atoms with Gasteiger partial charge in [0.2, 0.25) is 0 Å². The fourth-order valence-corrected chi connectivity index (χ4v) is 2.94. The molecule has 0 radical (unpaired) electrons. The summed E-state index contributed by atoms with van der Waals surface area (Å²) in [6.07, 6.45) is 3.67. The molecule has 0 aliphatic heterocycles. The number of aromatic nitrogens is 1. The molecule has 2 rings (SSSR count). The Morgan fingerprint density at radius 1 is 1.56 bits per heavy atom. The van der Waals surface area contributed by atoms with Gasteiger partial charge in [-0.05, 0) is 41.9 Å². The monoisotopic (exact) mass is 328 g/mol. The van der Waals surface area contributed by atoms with Gasteiger partial charge in [0.15, 0.2) is 0 Å². The Balaban J connectivity index is 2.12. The third-order valence-electron chi connectivity index (χ3n) is 2.68. The summed E-state index contributed by atoms with van der Waals surface area (Å²) in [4.78, 5) is 4.52. The van der Waals surface area contributed by atoms with Gasteiger partial charge < -0.3 is 9.73 Å². The topological polar surface area (TPSA) is 38.1 Å². The van der Waals surface area contributed by atoms with Crippen LogP contribution in [0.15, 0.2) is 26.6 Å². The van der Waals surface area contributed by atoms with Gasteiger partial charge in [0.1, 0.15) is 5.76 Å². The van der Waals surface area contributed by atoms with Gasteiger partial charge in [-0.3, -0.25) is 0 Å². The van der Waals surface area contributed by atoms with E-state index >= 15 is 0 Å². The molecular weight excluding hydrogens is 312 g/mol. The summed E-state index contributed by atoms with van der Waals surface area (Å²) >= 11 is 5.22. The van der Waals surface area contributed by atoms with E-state index in [2.05, 4.69) is 38.5 Å². The molecule has 3 nitrogen and oxygen atoms in total. The number of hydrogen-bond donors (Lipinski definition) is 1. The SMILES string of the molecule is CCCNC(Cc1csc(C)n1)c1occc1Br. The van der Waals surface area contributed by atoms with E-state index in [0.717, 1.165) is 40.3 Å². The molecule has 0 bridgehead atoms. The van der Waals surface area contributed by atoms with Crippen LogP contribution in [0.4, 0.5) is 0 Å². The highest BCUT2D eigenvalue weighted by atomic mass is 79.9. The largest absolute Gasteiger partial charge is 0.466 e. The molecule has 1 unspecified atom stereocenters. The van der Waals surface area contributed by atoms with Crippen LogP contribution in [0, 0.1) is 6.92 Å². The van der Waals surface area contributed by atoms with Crippen molar-refractivity contribution < 1.29 is 4.42 Å². The number of nitrogens with zero attached hydrogens (tertiary/aromatic N) is 1.